The van der Waals surface area contributed by atoms with E-state index in [-0.39, 0.29) is 11.4 Å². The van der Waals surface area contributed by atoms with Crippen LogP contribution < -0.4 is 19.5 Å². The Balaban J connectivity index is 2.47. The molecular weight excluding hydrogens is 307 g/mol. The number of benzene rings is 2. The van der Waals surface area contributed by atoms with Crippen LogP contribution in [0, 0.1) is 15.9 Å². The van der Waals surface area contributed by atoms with Crippen LogP contribution in [0.1, 0.15) is 0 Å². The fourth-order valence-corrected chi connectivity index (χ4v) is 2.07. The Morgan fingerprint density at radius 1 is 1.04 bits per heavy atom. The van der Waals surface area contributed by atoms with E-state index in [1.807, 2.05) is 0 Å². The summed E-state index contributed by atoms with van der Waals surface area (Å²) in [5.41, 5.74) is 0.235. The zero-order chi connectivity index (χ0) is 17.0. The summed E-state index contributed by atoms with van der Waals surface area (Å²) in [5, 5.41) is 13.9. The Bertz CT molecular complexity index is 711. The van der Waals surface area contributed by atoms with Crippen LogP contribution in [0.25, 0.3) is 0 Å². The summed E-state index contributed by atoms with van der Waals surface area (Å²) < 4.78 is 28.8. The van der Waals surface area contributed by atoms with E-state index in [9.17, 15) is 14.5 Å². The number of rotatable bonds is 6. The van der Waals surface area contributed by atoms with Crippen molar-refractivity contribution in [1.29, 1.82) is 0 Å². The summed E-state index contributed by atoms with van der Waals surface area (Å²) in [4.78, 5) is 10.4. The minimum atomic E-state index is -0.688. The summed E-state index contributed by atoms with van der Waals surface area (Å²) >= 11 is 0. The first-order valence-corrected chi connectivity index (χ1v) is 6.51. The molecule has 0 bridgehead atoms. The van der Waals surface area contributed by atoms with Crippen molar-refractivity contribution in [3.8, 4) is 17.2 Å². The average Bonchev–Trinajstić information content (AvgIpc) is 2.55. The van der Waals surface area contributed by atoms with Crippen LogP contribution in [0.4, 0.5) is 21.5 Å². The summed E-state index contributed by atoms with van der Waals surface area (Å²) in [7, 11) is 4.39. The van der Waals surface area contributed by atoms with Crippen molar-refractivity contribution in [2.24, 2.45) is 0 Å². The summed E-state index contributed by atoms with van der Waals surface area (Å²) in [5.74, 6) is 0.486. The maximum absolute atomic E-state index is 13.2. The molecule has 122 valence electrons. The van der Waals surface area contributed by atoms with Gasteiger partial charge in [-0.15, -0.1) is 0 Å². The molecule has 0 radical (unpaired) electrons. The van der Waals surface area contributed by atoms with Crippen molar-refractivity contribution in [1.82, 2.24) is 0 Å². The highest BCUT2D eigenvalue weighted by Gasteiger charge is 2.18. The molecule has 0 saturated heterocycles. The molecule has 7 nitrogen and oxygen atoms in total. The van der Waals surface area contributed by atoms with Crippen molar-refractivity contribution in [2.75, 3.05) is 26.6 Å². The molecule has 0 saturated carbocycles. The lowest BCUT2D eigenvalue weighted by molar-refractivity contribution is -0.384. The maximum Gasteiger partial charge on any atom is 0.295 e. The topological polar surface area (TPSA) is 82.9 Å². The van der Waals surface area contributed by atoms with E-state index in [0.717, 1.165) is 12.1 Å². The molecule has 0 amide bonds. The predicted molar refractivity (Wildman–Crippen MR) is 82.4 cm³/mol. The standard InChI is InChI=1S/C15H15FN2O5/c1-21-13-7-10(8-14(22-2)15(13)23-3)17-11-5-4-9(16)6-12(11)18(19)20/h4-8,17H,1-3H3. The Labute approximate surface area is 131 Å². The number of nitrogens with zero attached hydrogens (tertiary/aromatic N) is 1. The Kier molecular flexibility index (Phi) is 4.85. The first-order chi connectivity index (χ1) is 11.0. The molecule has 0 fully saturated rings. The van der Waals surface area contributed by atoms with E-state index in [2.05, 4.69) is 5.32 Å². The molecule has 2 rings (SSSR count). The van der Waals surface area contributed by atoms with Crippen LogP contribution in [0.2, 0.25) is 0 Å². The number of ether oxygens (including phenoxy) is 3. The second-order valence-corrected chi connectivity index (χ2v) is 4.46. The van der Waals surface area contributed by atoms with E-state index >= 15 is 0 Å². The highest BCUT2D eigenvalue weighted by molar-refractivity contribution is 5.73. The molecule has 0 unspecified atom stereocenters. The van der Waals surface area contributed by atoms with Gasteiger partial charge in [0.1, 0.15) is 11.5 Å². The fraction of sp³-hybridized carbons (Fsp3) is 0.200. The lowest BCUT2D eigenvalue weighted by Gasteiger charge is -2.15. The minimum Gasteiger partial charge on any atom is -0.493 e. The van der Waals surface area contributed by atoms with Gasteiger partial charge in [0.25, 0.3) is 5.69 Å². The largest absolute Gasteiger partial charge is 0.493 e. The van der Waals surface area contributed by atoms with Gasteiger partial charge in [0.15, 0.2) is 11.5 Å². The minimum absolute atomic E-state index is 0.144. The summed E-state index contributed by atoms with van der Waals surface area (Å²) in [6.45, 7) is 0. The predicted octanol–water partition coefficient (Wildman–Crippen LogP) is 3.50. The highest BCUT2D eigenvalue weighted by atomic mass is 19.1. The van der Waals surface area contributed by atoms with E-state index < -0.39 is 10.7 Å². The quantitative estimate of drug-likeness (QED) is 0.647. The molecular formula is C15H15FN2O5. The number of hydrogen-bond acceptors (Lipinski definition) is 6. The zero-order valence-electron chi connectivity index (χ0n) is 12.8. The number of anilines is 2. The monoisotopic (exact) mass is 322 g/mol. The van der Waals surface area contributed by atoms with E-state index in [4.69, 9.17) is 14.2 Å². The summed E-state index contributed by atoms with van der Waals surface area (Å²) in [6.07, 6.45) is 0. The number of halogens is 1. The maximum atomic E-state index is 13.2. The van der Waals surface area contributed by atoms with Gasteiger partial charge in [0.2, 0.25) is 5.75 Å². The van der Waals surface area contributed by atoms with E-state index in [1.54, 1.807) is 12.1 Å². The molecule has 23 heavy (non-hydrogen) atoms. The average molecular weight is 322 g/mol. The van der Waals surface area contributed by atoms with Crippen LogP contribution >= 0.6 is 0 Å². The Hall–Kier alpha value is -3.03. The number of nitrogens with one attached hydrogen (secondary N) is 1. The highest BCUT2D eigenvalue weighted by Crippen LogP contribution is 2.41. The fourth-order valence-electron chi connectivity index (χ4n) is 2.07. The van der Waals surface area contributed by atoms with Crippen LogP contribution in [0.3, 0.4) is 0 Å². The molecule has 0 aliphatic carbocycles. The third-order valence-corrected chi connectivity index (χ3v) is 3.10. The zero-order valence-corrected chi connectivity index (χ0v) is 12.8. The van der Waals surface area contributed by atoms with Gasteiger partial charge in [0.05, 0.1) is 32.3 Å². The van der Waals surface area contributed by atoms with Gasteiger partial charge in [-0.1, -0.05) is 0 Å². The van der Waals surface area contributed by atoms with E-state index in [0.29, 0.717) is 22.9 Å². The first-order valence-electron chi connectivity index (χ1n) is 6.51. The smallest absolute Gasteiger partial charge is 0.295 e. The number of nitro groups is 1. The van der Waals surface area contributed by atoms with Gasteiger partial charge >= 0.3 is 0 Å². The molecule has 0 atom stereocenters. The normalized spacial score (nSPS) is 10.1. The van der Waals surface area contributed by atoms with E-state index in [1.165, 1.54) is 27.4 Å². The second kappa shape index (κ2) is 6.82. The molecule has 2 aromatic rings. The lowest BCUT2D eigenvalue weighted by Crippen LogP contribution is -2.00. The van der Waals surface area contributed by atoms with Gasteiger partial charge < -0.3 is 19.5 Å². The molecule has 0 heterocycles. The SMILES string of the molecule is COc1cc(Nc2ccc(F)cc2[N+](=O)[O-])cc(OC)c1OC. The van der Waals surface area contributed by atoms with Crippen molar-refractivity contribution < 1.29 is 23.5 Å². The molecule has 0 spiro atoms. The third kappa shape index (κ3) is 3.42. The molecule has 1 N–H and O–H groups in total. The van der Waals surface area contributed by atoms with Crippen LogP contribution in [0.5, 0.6) is 17.2 Å². The summed E-state index contributed by atoms with van der Waals surface area (Å²) in [6, 6.07) is 6.45. The molecule has 0 aliphatic heterocycles. The lowest BCUT2D eigenvalue weighted by atomic mass is 10.2. The number of nitro benzene ring substituents is 1. The van der Waals surface area contributed by atoms with Crippen LogP contribution in [-0.4, -0.2) is 26.3 Å². The molecule has 2 aromatic carbocycles. The van der Waals surface area contributed by atoms with Crippen molar-refractivity contribution in [3.63, 3.8) is 0 Å². The van der Waals surface area contributed by atoms with Crippen LogP contribution in [-0.2, 0) is 0 Å². The van der Waals surface area contributed by atoms with Crippen LogP contribution in [0.15, 0.2) is 30.3 Å². The second-order valence-electron chi connectivity index (χ2n) is 4.46. The number of hydrogen-bond donors (Lipinski definition) is 1. The van der Waals surface area contributed by atoms with Gasteiger partial charge in [0, 0.05) is 17.8 Å². The molecule has 0 aromatic heterocycles. The molecule has 8 heteroatoms. The van der Waals surface area contributed by atoms with Gasteiger partial charge in [-0.25, -0.2) is 4.39 Å². The number of methoxy groups -OCH3 is 3. The van der Waals surface area contributed by atoms with Gasteiger partial charge in [-0.05, 0) is 12.1 Å². The van der Waals surface area contributed by atoms with Crippen molar-refractivity contribution >= 4 is 17.1 Å². The third-order valence-electron chi connectivity index (χ3n) is 3.10. The van der Waals surface area contributed by atoms with Crippen molar-refractivity contribution in [2.45, 2.75) is 0 Å². The van der Waals surface area contributed by atoms with Gasteiger partial charge in [-0.2, -0.15) is 0 Å². The Morgan fingerprint density at radius 2 is 1.65 bits per heavy atom. The first kappa shape index (κ1) is 16.3. The molecule has 0 aliphatic rings. The van der Waals surface area contributed by atoms with Crippen molar-refractivity contribution in [3.05, 3.63) is 46.3 Å². The van der Waals surface area contributed by atoms with Gasteiger partial charge in [-0.3, -0.25) is 10.1 Å². The Morgan fingerprint density at radius 3 is 2.13 bits per heavy atom.